The number of aromatic nitrogens is 3. The van der Waals surface area contributed by atoms with Crippen molar-refractivity contribution in [2.45, 2.75) is 0 Å². The minimum atomic E-state index is -1.20. The molecular weight excluding hydrogens is 401 g/mol. The van der Waals surface area contributed by atoms with Crippen LogP contribution in [0, 0.1) is 0 Å². The average molecular weight is 413 g/mol. The summed E-state index contributed by atoms with van der Waals surface area (Å²) in [5, 5.41) is 8.64. The van der Waals surface area contributed by atoms with Gasteiger partial charge < -0.3 is 4.52 Å². The van der Waals surface area contributed by atoms with Crippen LogP contribution in [0.15, 0.2) is 48.5 Å². The summed E-state index contributed by atoms with van der Waals surface area (Å²) in [5.41, 5.74) is 1.02. The van der Waals surface area contributed by atoms with Gasteiger partial charge in [0.1, 0.15) is 17.6 Å². The summed E-state index contributed by atoms with van der Waals surface area (Å²) >= 11 is 0. The SMILES string of the molecule is O=C(CN(C(=O)On1nnc2ccccc21)N1C(=O)c2ccccc2C1=O)OP. The molecule has 0 aliphatic carbocycles. The van der Waals surface area contributed by atoms with Crippen molar-refractivity contribution in [3.8, 4) is 0 Å². The van der Waals surface area contributed by atoms with Crippen LogP contribution in [0.3, 0.4) is 0 Å². The van der Waals surface area contributed by atoms with E-state index in [1.54, 1.807) is 45.9 Å². The summed E-state index contributed by atoms with van der Waals surface area (Å²) < 4.78 is 4.49. The van der Waals surface area contributed by atoms with Crippen molar-refractivity contribution >= 4 is 44.4 Å². The van der Waals surface area contributed by atoms with E-state index in [4.69, 9.17) is 4.84 Å². The van der Waals surface area contributed by atoms with Crippen LogP contribution in [0.25, 0.3) is 11.0 Å². The van der Waals surface area contributed by atoms with Gasteiger partial charge in [0, 0.05) is 0 Å². The lowest BCUT2D eigenvalue weighted by Gasteiger charge is -2.27. The summed E-state index contributed by atoms with van der Waals surface area (Å²) in [5.74, 6) is -2.45. The number of amides is 3. The zero-order chi connectivity index (χ0) is 20.5. The molecule has 1 atom stereocenters. The first kappa shape index (κ1) is 18.5. The number of hydrazine groups is 1. The summed E-state index contributed by atoms with van der Waals surface area (Å²) in [7, 11) is 1.73. The third-order valence-electron chi connectivity index (χ3n) is 4.12. The van der Waals surface area contributed by atoms with Crippen LogP contribution in [-0.4, -0.2) is 55.6 Å². The largest absolute Gasteiger partial charge is 0.456 e. The van der Waals surface area contributed by atoms with Gasteiger partial charge in [-0.1, -0.05) is 29.1 Å². The fourth-order valence-corrected chi connectivity index (χ4v) is 2.88. The van der Waals surface area contributed by atoms with E-state index in [1.807, 2.05) is 0 Å². The molecule has 0 N–H and O–H groups in total. The molecule has 146 valence electrons. The van der Waals surface area contributed by atoms with E-state index >= 15 is 0 Å². The Morgan fingerprint density at radius 3 is 2.28 bits per heavy atom. The van der Waals surface area contributed by atoms with Crippen molar-refractivity contribution < 1.29 is 28.5 Å². The number of nitrogens with zero attached hydrogens (tertiary/aromatic N) is 5. The molecule has 1 aliphatic rings. The van der Waals surface area contributed by atoms with Gasteiger partial charge in [-0.05, 0) is 29.5 Å². The van der Waals surface area contributed by atoms with Crippen molar-refractivity contribution in [1.82, 2.24) is 25.2 Å². The number of hydrogen-bond acceptors (Lipinski definition) is 8. The summed E-state index contributed by atoms with van der Waals surface area (Å²) in [6.45, 7) is -0.750. The van der Waals surface area contributed by atoms with Crippen molar-refractivity contribution in [1.29, 1.82) is 0 Å². The molecule has 0 saturated heterocycles. The van der Waals surface area contributed by atoms with E-state index in [1.165, 1.54) is 12.1 Å². The van der Waals surface area contributed by atoms with Crippen LogP contribution in [0.2, 0.25) is 0 Å². The van der Waals surface area contributed by atoms with Crippen molar-refractivity contribution in [3.05, 3.63) is 59.7 Å². The Morgan fingerprint density at radius 2 is 1.62 bits per heavy atom. The van der Waals surface area contributed by atoms with Crippen LogP contribution >= 0.6 is 9.47 Å². The predicted octanol–water partition coefficient (Wildman–Crippen LogP) is 0.826. The molecule has 0 radical (unpaired) electrons. The molecule has 4 rings (SSSR count). The Hall–Kier alpha value is -3.85. The molecule has 0 spiro atoms. The fraction of sp³-hybridized carbons (Fsp3) is 0.0588. The third-order valence-corrected chi connectivity index (χ3v) is 4.38. The van der Waals surface area contributed by atoms with Gasteiger partial charge in [0.2, 0.25) is 0 Å². The quantitative estimate of drug-likeness (QED) is 0.350. The molecule has 1 aromatic heterocycles. The molecule has 2 aromatic carbocycles. The Morgan fingerprint density at radius 1 is 1.00 bits per heavy atom. The molecule has 3 amide bonds. The Balaban J connectivity index is 1.67. The van der Waals surface area contributed by atoms with Gasteiger partial charge in [-0.2, -0.15) is 10.0 Å². The zero-order valence-electron chi connectivity index (χ0n) is 14.6. The lowest BCUT2D eigenvalue weighted by Crippen LogP contribution is -2.53. The Bertz CT molecular complexity index is 1130. The Labute approximate surface area is 165 Å². The second kappa shape index (κ2) is 7.28. The van der Waals surface area contributed by atoms with Crippen molar-refractivity contribution in [2.24, 2.45) is 0 Å². The molecule has 0 fully saturated rings. The van der Waals surface area contributed by atoms with Crippen molar-refractivity contribution in [3.63, 3.8) is 0 Å². The van der Waals surface area contributed by atoms with Crippen molar-refractivity contribution in [2.75, 3.05) is 6.54 Å². The van der Waals surface area contributed by atoms with Crippen LogP contribution < -0.4 is 4.84 Å². The summed E-state index contributed by atoms with van der Waals surface area (Å²) in [6.07, 6.45) is -1.20. The van der Waals surface area contributed by atoms with E-state index in [2.05, 4.69) is 14.8 Å². The molecule has 12 heteroatoms. The monoisotopic (exact) mass is 413 g/mol. The van der Waals surface area contributed by atoms with E-state index in [9.17, 15) is 19.2 Å². The topological polar surface area (TPSA) is 124 Å². The van der Waals surface area contributed by atoms with Crippen LogP contribution in [-0.2, 0) is 9.32 Å². The molecule has 2 heterocycles. The fourth-order valence-electron chi connectivity index (χ4n) is 2.81. The molecular formula is C17H12N5O6P. The Kier molecular flexibility index (Phi) is 4.65. The van der Waals surface area contributed by atoms with E-state index < -0.39 is 30.4 Å². The highest BCUT2D eigenvalue weighted by molar-refractivity contribution is 7.10. The first-order chi connectivity index (χ1) is 14.0. The highest BCUT2D eigenvalue weighted by atomic mass is 31.0. The first-order valence-electron chi connectivity index (χ1n) is 8.19. The van der Waals surface area contributed by atoms with Gasteiger partial charge in [-0.15, -0.1) is 5.10 Å². The van der Waals surface area contributed by atoms with Gasteiger partial charge in [-0.25, -0.2) is 9.59 Å². The minimum absolute atomic E-state index is 0.0979. The number of benzene rings is 2. The van der Waals surface area contributed by atoms with Gasteiger partial charge in [0.05, 0.1) is 20.6 Å². The van der Waals surface area contributed by atoms with Gasteiger partial charge in [-0.3, -0.25) is 14.4 Å². The van der Waals surface area contributed by atoms with E-state index in [0.717, 1.165) is 4.85 Å². The predicted molar refractivity (Wildman–Crippen MR) is 99.0 cm³/mol. The second-order valence-electron chi connectivity index (χ2n) is 5.82. The molecule has 1 aliphatic heterocycles. The summed E-state index contributed by atoms with van der Waals surface area (Å²) in [6, 6.07) is 12.7. The lowest BCUT2D eigenvalue weighted by atomic mass is 10.1. The number of rotatable bonds is 4. The zero-order valence-corrected chi connectivity index (χ0v) is 15.7. The number of carbonyl (C=O) groups excluding carboxylic acids is 4. The van der Waals surface area contributed by atoms with Crippen LogP contribution in [0.5, 0.6) is 0 Å². The normalized spacial score (nSPS) is 12.8. The molecule has 0 bridgehead atoms. The first-order valence-corrected chi connectivity index (χ1v) is 8.66. The van der Waals surface area contributed by atoms with Gasteiger partial charge in [0.15, 0.2) is 0 Å². The molecule has 3 aromatic rings. The maximum Gasteiger partial charge on any atom is 0.456 e. The minimum Gasteiger partial charge on any atom is -0.450 e. The van der Waals surface area contributed by atoms with Gasteiger partial charge in [0.25, 0.3) is 11.8 Å². The standard InChI is InChI=1S/C17H12N5O6P/c23-14(28-29)9-20(21-15(24)10-5-1-2-6-11(10)16(21)25)17(26)27-22-13-8-4-3-7-12(13)18-19-22/h1-8H,9,29H2. The second-order valence-corrected chi connectivity index (χ2v) is 6.06. The van der Waals surface area contributed by atoms with Gasteiger partial charge >= 0.3 is 12.1 Å². The molecule has 0 saturated carbocycles. The van der Waals surface area contributed by atoms with Crippen LogP contribution in [0.4, 0.5) is 4.79 Å². The highest BCUT2D eigenvalue weighted by Gasteiger charge is 2.43. The smallest absolute Gasteiger partial charge is 0.450 e. The lowest BCUT2D eigenvalue weighted by molar-refractivity contribution is -0.136. The third kappa shape index (κ3) is 3.17. The average Bonchev–Trinajstić information content (AvgIpc) is 3.25. The summed E-state index contributed by atoms with van der Waals surface area (Å²) in [4.78, 5) is 56.0. The maximum atomic E-state index is 12.8. The molecule has 1 unspecified atom stereocenters. The highest BCUT2D eigenvalue weighted by Crippen LogP contribution is 2.24. The molecule has 11 nitrogen and oxygen atoms in total. The number of para-hydroxylation sites is 1. The van der Waals surface area contributed by atoms with E-state index in [0.29, 0.717) is 21.1 Å². The number of hydrogen-bond donors (Lipinski definition) is 0. The molecule has 29 heavy (non-hydrogen) atoms. The number of imide groups is 1. The van der Waals surface area contributed by atoms with Crippen LogP contribution in [0.1, 0.15) is 20.7 Å². The number of fused-ring (bicyclic) bond motifs is 2. The van der Waals surface area contributed by atoms with E-state index in [-0.39, 0.29) is 11.1 Å². The maximum absolute atomic E-state index is 12.8. The number of carbonyl (C=O) groups is 4.